The monoisotopic (exact) mass is 250 g/mol. The van der Waals surface area contributed by atoms with E-state index in [0.29, 0.717) is 0 Å². The molecule has 0 aromatic heterocycles. The molecule has 0 spiro atoms. The zero-order chi connectivity index (χ0) is 12.5. The average Bonchev–Trinajstić information content (AvgIpc) is 2.41. The van der Waals surface area contributed by atoms with Crippen molar-refractivity contribution >= 4 is 8.60 Å². The maximum Gasteiger partial charge on any atom is 0.326 e. The van der Waals surface area contributed by atoms with Gasteiger partial charge in [0.1, 0.15) is 0 Å². The molecule has 0 atom stereocenters. The Kier molecular flexibility index (Phi) is 6.45. The third-order valence-corrected chi connectivity index (χ3v) is 2.37. The molecule has 2 N–H and O–H groups in total. The normalized spacial score (nSPS) is 9.65. The lowest BCUT2D eigenvalue weighted by atomic mass is 10.1. The first-order valence-corrected chi connectivity index (χ1v) is 6.23. The van der Waals surface area contributed by atoms with Crippen LogP contribution in [0.2, 0.25) is 0 Å². The van der Waals surface area contributed by atoms with Crippen LogP contribution in [0.25, 0.3) is 11.1 Å². The molecule has 2 rings (SSSR count). The fourth-order valence-corrected chi connectivity index (χ4v) is 1.26. The van der Waals surface area contributed by atoms with E-state index < -0.39 is 8.60 Å². The van der Waals surface area contributed by atoms with Crippen molar-refractivity contribution in [2.45, 2.75) is 0 Å². The number of hydrogen-bond acceptors (Lipinski definition) is 3. The molecule has 17 heavy (non-hydrogen) atoms. The Hall–Kier alpha value is -1.25. The van der Waals surface area contributed by atoms with Crippen LogP contribution in [-0.2, 0) is 4.52 Å². The number of hydrogen-bond donors (Lipinski definition) is 2. The van der Waals surface area contributed by atoms with Crippen LogP contribution in [0.5, 0.6) is 0 Å². The van der Waals surface area contributed by atoms with Crippen molar-refractivity contribution in [3.05, 3.63) is 60.7 Å². The second-order valence-corrected chi connectivity index (χ2v) is 4.04. The van der Waals surface area contributed by atoms with E-state index in [-0.39, 0.29) is 0 Å². The zero-order valence-electron chi connectivity index (χ0n) is 9.52. The maximum absolute atomic E-state index is 7.76. The summed E-state index contributed by atoms with van der Waals surface area (Å²) in [5.41, 5.74) is 2.55. The maximum atomic E-state index is 7.76. The van der Waals surface area contributed by atoms with Gasteiger partial charge in [0, 0.05) is 7.11 Å². The number of rotatable bonds is 2. The minimum absolute atomic E-state index is 1.23. The van der Waals surface area contributed by atoms with Crippen molar-refractivity contribution in [2.75, 3.05) is 7.11 Å². The Morgan fingerprint density at radius 2 is 1.06 bits per heavy atom. The Bertz CT molecular complexity index is 366. The molecule has 90 valence electrons. The van der Waals surface area contributed by atoms with E-state index >= 15 is 0 Å². The molecule has 0 fully saturated rings. The first-order valence-electron chi connectivity index (χ1n) is 5.06. The Morgan fingerprint density at radius 1 is 0.765 bits per heavy atom. The standard InChI is InChI=1S/C12H10.CH5O3P/c1-3-7-11(8-4-1)12-9-5-2-6-10-12;1-4-5(2)3/h1-10H;2-3H,1H3. The van der Waals surface area contributed by atoms with Crippen LogP contribution in [0.3, 0.4) is 0 Å². The van der Waals surface area contributed by atoms with Gasteiger partial charge in [0.05, 0.1) is 0 Å². The Labute approximate surface area is 102 Å². The van der Waals surface area contributed by atoms with Gasteiger partial charge < -0.3 is 14.3 Å². The van der Waals surface area contributed by atoms with Gasteiger partial charge in [-0.1, -0.05) is 60.7 Å². The van der Waals surface area contributed by atoms with Gasteiger partial charge >= 0.3 is 8.60 Å². The van der Waals surface area contributed by atoms with Crippen LogP contribution in [0, 0.1) is 0 Å². The van der Waals surface area contributed by atoms with Gasteiger partial charge in [-0.05, 0) is 11.1 Å². The number of benzene rings is 2. The highest BCUT2D eigenvalue weighted by Gasteiger charge is 1.91. The quantitative estimate of drug-likeness (QED) is 0.805. The molecule has 0 radical (unpaired) electrons. The third-order valence-electron chi connectivity index (χ3n) is 2.04. The summed E-state index contributed by atoms with van der Waals surface area (Å²) in [6.07, 6.45) is 0. The van der Waals surface area contributed by atoms with E-state index in [1.54, 1.807) is 0 Å². The lowest BCUT2D eigenvalue weighted by molar-refractivity contribution is 0.310. The highest BCUT2D eigenvalue weighted by atomic mass is 31.2. The van der Waals surface area contributed by atoms with Crippen molar-refractivity contribution in [1.29, 1.82) is 0 Å². The second kappa shape index (κ2) is 7.93. The van der Waals surface area contributed by atoms with Gasteiger partial charge in [-0.15, -0.1) is 0 Å². The van der Waals surface area contributed by atoms with E-state index in [9.17, 15) is 0 Å². The summed E-state index contributed by atoms with van der Waals surface area (Å²) in [5.74, 6) is 0. The van der Waals surface area contributed by atoms with E-state index in [2.05, 4.69) is 53.1 Å². The lowest BCUT2D eigenvalue weighted by Crippen LogP contribution is -1.73. The molecule has 0 aliphatic heterocycles. The van der Waals surface area contributed by atoms with E-state index in [1.165, 1.54) is 18.2 Å². The molecule has 4 heteroatoms. The molecule has 0 saturated carbocycles. The molecule has 3 nitrogen and oxygen atoms in total. The van der Waals surface area contributed by atoms with Crippen molar-refractivity contribution in [1.82, 2.24) is 0 Å². The Morgan fingerprint density at radius 3 is 1.29 bits per heavy atom. The first kappa shape index (κ1) is 13.8. The first-order chi connectivity index (χ1) is 8.24. The summed E-state index contributed by atoms with van der Waals surface area (Å²) in [6.45, 7) is 0. The fraction of sp³-hybridized carbons (Fsp3) is 0.0769. The van der Waals surface area contributed by atoms with Crippen LogP contribution in [-0.4, -0.2) is 16.9 Å². The molecular weight excluding hydrogens is 235 g/mol. The second-order valence-electron chi connectivity index (χ2n) is 3.17. The highest BCUT2D eigenvalue weighted by Crippen LogP contribution is 2.20. The van der Waals surface area contributed by atoms with Crippen LogP contribution >= 0.6 is 8.60 Å². The zero-order valence-corrected chi connectivity index (χ0v) is 10.4. The van der Waals surface area contributed by atoms with Gasteiger partial charge in [0.25, 0.3) is 0 Å². The SMILES string of the molecule is COP(O)O.c1ccc(-c2ccccc2)cc1. The van der Waals surface area contributed by atoms with Gasteiger partial charge in [-0.2, -0.15) is 0 Å². The summed E-state index contributed by atoms with van der Waals surface area (Å²) in [6, 6.07) is 20.8. The predicted molar refractivity (Wildman–Crippen MR) is 70.2 cm³/mol. The molecule has 0 bridgehead atoms. The molecule has 0 aliphatic carbocycles. The molecule has 0 unspecified atom stereocenters. The highest BCUT2D eigenvalue weighted by molar-refractivity contribution is 7.39. The summed E-state index contributed by atoms with van der Waals surface area (Å²) in [4.78, 5) is 15.5. The van der Waals surface area contributed by atoms with Gasteiger partial charge in [0.2, 0.25) is 0 Å². The lowest BCUT2D eigenvalue weighted by Gasteiger charge is -1.98. The molecular formula is C13H15O3P. The molecule has 2 aromatic rings. The van der Waals surface area contributed by atoms with E-state index in [4.69, 9.17) is 9.79 Å². The van der Waals surface area contributed by atoms with Crippen molar-refractivity contribution < 1.29 is 14.3 Å². The van der Waals surface area contributed by atoms with Gasteiger partial charge in [-0.3, -0.25) is 0 Å². The van der Waals surface area contributed by atoms with Crippen LogP contribution in [0.15, 0.2) is 60.7 Å². The van der Waals surface area contributed by atoms with Crippen LogP contribution in [0.4, 0.5) is 0 Å². The smallest absolute Gasteiger partial charge is 0.326 e. The Balaban J connectivity index is 0.000000249. The minimum Gasteiger partial charge on any atom is -0.328 e. The summed E-state index contributed by atoms with van der Waals surface area (Å²) in [5, 5.41) is 0. The van der Waals surface area contributed by atoms with Crippen molar-refractivity contribution in [3.8, 4) is 11.1 Å². The van der Waals surface area contributed by atoms with Crippen molar-refractivity contribution in [3.63, 3.8) is 0 Å². The molecule has 2 aromatic carbocycles. The summed E-state index contributed by atoms with van der Waals surface area (Å²) in [7, 11) is -0.870. The summed E-state index contributed by atoms with van der Waals surface area (Å²) >= 11 is 0. The topological polar surface area (TPSA) is 49.7 Å². The largest absolute Gasteiger partial charge is 0.328 e. The van der Waals surface area contributed by atoms with Gasteiger partial charge in [0.15, 0.2) is 0 Å². The third kappa shape index (κ3) is 5.57. The average molecular weight is 250 g/mol. The van der Waals surface area contributed by atoms with Crippen LogP contribution in [0.1, 0.15) is 0 Å². The fourth-order valence-electron chi connectivity index (χ4n) is 1.26. The van der Waals surface area contributed by atoms with Crippen molar-refractivity contribution in [2.24, 2.45) is 0 Å². The molecule has 0 aliphatic rings. The molecule has 0 amide bonds. The molecule has 0 saturated heterocycles. The minimum atomic E-state index is -2.10. The van der Waals surface area contributed by atoms with E-state index in [0.717, 1.165) is 0 Å². The molecule has 0 heterocycles. The summed E-state index contributed by atoms with van der Waals surface area (Å²) < 4.78 is 3.93. The van der Waals surface area contributed by atoms with Crippen LogP contribution < -0.4 is 0 Å². The van der Waals surface area contributed by atoms with Gasteiger partial charge in [-0.25, -0.2) is 0 Å². The predicted octanol–water partition coefficient (Wildman–Crippen LogP) is 3.20. The van der Waals surface area contributed by atoms with E-state index in [1.807, 2.05) is 12.1 Å².